The largest absolute Gasteiger partial charge is 0.360 e. The Morgan fingerprint density at radius 3 is 2.83 bits per heavy atom. The lowest BCUT2D eigenvalue weighted by molar-refractivity contribution is -0.143. The molecule has 4 aliphatic rings. The van der Waals surface area contributed by atoms with E-state index in [4.69, 9.17) is 14.7 Å². The maximum absolute atomic E-state index is 13.6. The number of likely N-dealkylation sites (tertiary alicyclic amines) is 2. The number of carbonyl (C=O) groups is 2. The molecule has 36 heavy (non-hydrogen) atoms. The molecule has 4 aliphatic heterocycles. The van der Waals surface area contributed by atoms with Crippen molar-refractivity contribution in [2.75, 3.05) is 32.0 Å². The summed E-state index contributed by atoms with van der Waals surface area (Å²) in [6, 6.07) is 2.01. The van der Waals surface area contributed by atoms with Crippen LogP contribution < -0.4 is 5.32 Å². The Labute approximate surface area is 215 Å². The molecular weight excluding hydrogens is 476 g/mol. The number of ether oxygens (including phenoxy) is 1. The number of fused-ring (bicyclic) bond motifs is 1. The number of amides is 2. The van der Waals surface area contributed by atoms with Gasteiger partial charge < -0.3 is 19.9 Å². The summed E-state index contributed by atoms with van der Waals surface area (Å²) in [6.45, 7) is 5.98. The number of aromatic nitrogens is 3. The van der Waals surface area contributed by atoms with Crippen molar-refractivity contribution in [3.8, 4) is 0 Å². The van der Waals surface area contributed by atoms with Gasteiger partial charge in [-0.1, -0.05) is 25.5 Å². The predicted molar refractivity (Wildman–Crippen MR) is 136 cm³/mol. The summed E-state index contributed by atoms with van der Waals surface area (Å²) in [5.41, 5.74) is 0.402. The van der Waals surface area contributed by atoms with Crippen LogP contribution in [-0.4, -0.2) is 75.0 Å². The number of nitrogens with one attached hydrogen (secondary N) is 1. The molecule has 6 rings (SSSR count). The fourth-order valence-electron chi connectivity index (χ4n) is 6.21. The Hall–Kier alpha value is -2.85. The highest BCUT2D eigenvalue weighted by Crippen LogP contribution is 2.52. The standard InChI is InChI=1S/C26H32N6O3S/c1-4-5-17-12-19(30-25-27-13-15(2)36-25)29-22(28-17)16-7-10-32(11-8-16)23(33)20-18-6-9-26(35-18)14-31(3)24(34)21(20)26/h6,9,12-13,16,18,20-21H,4-5,7-8,10-11,14H2,1-3H3,(H,27,28,29,30)/t18-,20-,21+,26+/m1/s1. The van der Waals surface area contributed by atoms with Gasteiger partial charge >= 0.3 is 0 Å². The van der Waals surface area contributed by atoms with Gasteiger partial charge in [-0.15, -0.1) is 11.3 Å². The SMILES string of the molecule is CCCc1cc(Nc2ncc(C)s2)nc(C2CCN(C(=O)[C@H]3[C@H]4C(=O)N(C)C[C@@]45C=C[C@H]3O5)CC2)n1. The molecule has 6 heterocycles. The molecule has 2 amide bonds. The van der Waals surface area contributed by atoms with Gasteiger partial charge in [0.2, 0.25) is 11.8 Å². The van der Waals surface area contributed by atoms with E-state index in [1.54, 1.807) is 23.3 Å². The Bertz CT molecular complexity index is 1220. The summed E-state index contributed by atoms with van der Waals surface area (Å²) >= 11 is 1.60. The Kier molecular flexibility index (Phi) is 5.83. The fourth-order valence-corrected chi connectivity index (χ4v) is 6.88. The summed E-state index contributed by atoms with van der Waals surface area (Å²) in [4.78, 5) is 45.4. The third kappa shape index (κ3) is 3.91. The summed E-state index contributed by atoms with van der Waals surface area (Å²) < 4.78 is 6.19. The second-order valence-corrected chi connectivity index (χ2v) is 11.7. The monoisotopic (exact) mass is 508 g/mol. The molecule has 0 radical (unpaired) electrons. The molecule has 0 aliphatic carbocycles. The molecular formula is C26H32N6O3S. The molecule has 1 N–H and O–H groups in total. The van der Waals surface area contributed by atoms with Crippen molar-refractivity contribution >= 4 is 34.1 Å². The minimum atomic E-state index is -0.623. The number of anilines is 2. The van der Waals surface area contributed by atoms with Gasteiger partial charge in [0.15, 0.2) is 5.13 Å². The first-order valence-electron chi connectivity index (χ1n) is 12.8. The first-order valence-corrected chi connectivity index (χ1v) is 13.7. The molecule has 2 aromatic heterocycles. The quantitative estimate of drug-likeness (QED) is 0.599. The van der Waals surface area contributed by atoms with E-state index in [-0.39, 0.29) is 23.8 Å². The van der Waals surface area contributed by atoms with Crippen molar-refractivity contribution in [3.05, 3.63) is 40.8 Å². The van der Waals surface area contributed by atoms with Crippen LogP contribution in [0.3, 0.4) is 0 Å². The van der Waals surface area contributed by atoms with Crippen molar-refractivity contribution in [1.82, 2.24) is 24.8 Å². The average molecular weight is 509 g/mol. The number of aryl methyl sites for hydroxylation is 2. The molecule has 3 saturated heterocycles. The average Bonchev–Trinajstić information content (AvgIpc) is 3.60. The lowest BCUT2D eigenvalue weighted by Gasteiger charge is -2.35. The summed E-state index contributed by atoms with van der Waals surface area (Å²) in [5.74, 6) is 1.03. The van der Waals surface area contributed by atoms with Gasteiger partial charge in [-0.2, -0.15) is 0 Å². The topological polar surface area (TPSA) is 101 Å². The molecule has 3 fully saturated rings. The lowest BCUT2D eigenvalue weighted by atomic mass is 9.76. The van der Waals surface area contributed by atoms with Crippen LogP contribution >= 0.6 is 11.3 Å². The van der Waals surface area contributed by atoms with Gasteiger partial charge in [-0.05, 0) is 26.2 Å². The van der Waals surface area contributed by atoms with Gasteiger partial charge in [0.25, 0.3) is 0 Å². The van der Waals surface area contributed by atoms with E-state index in [0.29, 0.717) is 19.6 Å². The van der Waals surface area contributed by atoms with E-state index in [2.05, 4.69) is 17.2 Å². The van der Waals surface area contributed by atoms with Gasteiger partial charge in [0.1, 0.15) is 17.2 Å². The Morgan fingerprint density at radius 1 is 1.31 bits per heavy atom. The highest BCUT2D eigenvalue weighted by molar-refractivity contribution is 7.15. The molecule has 10 heteroatoms. The van der Waals surface area contributed by atoms with Gasteiger partial charge in [0.05, 0.1) is 24.5 Å². The van der Waals surface area contributed by atoms with Gasteiger partial charge in [0, 0.05) is 48.9 Å². The Balaban J connectivity index is 1.16. The number of piperidine rings is 1. The smallest absolute Gasteiger partial charge is 0.229 e. The second kappa shape index (κ2) is 8.92. The first kappa shape index (κ1) is 23.5. The van der Waals surface area contributed by atoms with Crippen molar-refractivity contribution in [2.45, 2.75) is 57.2 Å². The van der Waals surface area contributed by atoms with Crippen molar-refractivity contribution in [2.24, 2.45) is 11.8 Å². The van der Waals surface area contributed by atoms with E-state index in [1.807, 2.05) is 36.2 Å². The van der Waals surface area contributed by atoms with Crippen molar-refractivity contribution < 1.29 is 14.3 Å². The fraction of sp³-hybridized carbons (Fsp3) is 0.577. The molecule has 0 aromatic carbocycles. The first-order chi connectivity index (χ1) is 17.4. The van der Waals surface area contributed by atoms with Crippen molar-refractivity contribution in [3.63, 3.8) is 0 Å². The van der Waals surface area contributed by atoms with E-state index < -0.39 is 17.4 Å². The summed E-state index contributed by atoms with van der Waals surface area (Å²) in [7, 11) is 1.79. The normalized spacial score (nSPS) is 29.3. The van der Waals surface area contributed by atoms with E-state index in [0.717, 1.165) is 53.0 Å². The maximum Gasteiger partial charge on any atom is 0.229 e. The third-order valence-electron chi connectivity index (χ3n) is 7.91. The zero-order valence-electron chi connectivity index (χ0n) is 20.9. The second-order valence-electron chi connectivity index (χ2n) is 10.4. The zero-order chi connectivity index (χ0) is 25.0. The van der Waals surface area contributed by atoms with Crippen molar-refractivity contribution in [1.29, 1.82) is 0 Å². The van der Waals surface area contributed by atoms with E-state index in [9.17, 15) is 9.59 Å². The number of hydrogen-bond donors (Lipinski definition) is 1. The molecule has 2 bridgehead atoms. The molecule has 190 valence electrons. The van der Waals surface area contributed by atoms with E-state index >= 15 is 0 Å². The molecule has 4 atom stereocenters. The van der Waals surface area contributed by atoms with Crippen LogP contribution in [0.4, 0.5) is 10.9 Å². The third-order valence-corrected chi connectivity index (χ3v) is 8.73. The maximum atomic E-state index is 13.6. The number of nitrogens with zero attached hydrogens (tertiary/aromatic N) is 5. The van der Waals surface area contributed by atoms with Crippen LogP contribution in [0.2, 0.25) is 0 Å². The number of carbonyl (C=O) groups excluding carboxylic acids is 2. The molecule has 0 saturated carbocycles. The molecule has 9 nitrogen and oxygen atoms in total. The molecule has 0 unspecified atom stereocenters. The van der Waals surface area contributed by atoms with Crippen LogP contribution in [-0.2, 0) is 20.7 Å². The predicted octanol–water partition coefficient (Wildman–Crippen LogP) is 3.06. The van der Waals surface area contributed by atoms with Crippen LogP contribution in [0.25, 0.3) is 0 Å². The zero-order valence-corrected chi connectivity index (χ0v) is 21.8. The van der Waals surface area contributed by atoms with Crippen LogP contribution in [0.5, 0.6) is 0 Å². The number of hydrogen-bond acceptors (Lipinski definition) is 8. The molecule has 2 aromatic rings. The Morgan fingerprint density at radius 2 is 2.11 bits per heavy atom. The highest BCUT2D eigenvalue weighted by Gasteiger charge is 2.66. The minimum absolute atomic E-state index is 0.0201. The van der Waals surface area contributed by atoms with Crippen LogP contribution in [0.15, 0.2) is 24.4 Å². The number of rotatable bonds is 6. The highest BCUT2D eigenvalue weighted by atomic mass is 32.1. The van der Waals surface area contributed by atoms with Gasteiger partial charge in [-0.3, -0.25) is 9.59 Å². The van der Waals surface area contributed by atoms with Gasteiger partial charge in [-0.25, -0.2) is 15.0 Å². The molecule has 1 spiro atoms. The lowest BCUT2D eigenvalue weighted by Crippen LogP contribution is -2.48. The number of thiazole rings is 1. The summed E-state index contributed by atoms with van der Waals surface area (Å²) in [6.07, 6.45) is 9.03. The number of likely N-dealkylation sites (N-methyl/N-ethyl adjacent to an activating group) is 1. The van der Waals surface area contributed by atoms with Crippen LogP contribution in [0, 0.1) is 18.8 Å². The van der Waals surface area contributed by atoms with Crippen LogP contribution in [0.1, 0.15) is 48.5 Å². The minimum Gasteiger partial charge on any atom is -0.360 e. The summed E-state index contributed by atoms with van der Waals surface area (Å²) in [5, 5.41) is 4.17. The van der Waals surface area contributed by atoms with E-state index in [1.165, 1.54) is 0 Å².